The van der Waals surface area contributed by atoms with Crippen molar-refractivity contribution in [1.82, 2.24) is 15.1 Å². The van der Waals surface area contributed by atoms with Crippen molar-refractivity contribution in [2.45, 2.75) is 31.6 Å². The maximum absolute atomic E-state index is 13.1. The molecule has 0 radical (unpaired) electrons. The maximum Gasteiger partial charge on any atom is 0.416 e. The van der Waals surface area contributed by atoms with Gasteiger partial charge in [-0.25, -0.2) is 0 Å². The molecule has 1 fully saturated rings. The summed E-state index contributed by atoms with van der Waals surface area (Å²) >= 11 is 6.01. The molecule has 1 saturated heterocycles. The summed E-state index contributed by atoms with van der Waals surface area (Å²) in [6, 6.07) is 10.9. The summed E-state index contributed by atoms with van der Waals surface area (Å²) in [4.78, 5) is 40.1. The molecule has 0 unspecified atom stereocenters. The summed E-state index contributed by atoms with van der Waals surface area (Å²) < 4.78 is 38.0. The fourth-order valence-electron chi connectivity index (χ4n) is 4.10. The van der Waals surface area contributed by atoms with Crippen LogP contribution in [-0.2, 0) is 20.6 Å². The van der Waals surface area contributed by atoms with Gasteiger partial charge in [0.25, 0.3) is 0 Å². The standard InChI is InChI=1S/C26H27ClF3N3O4/c1-17-15-33(22(16-32(17)13-12-25(36)37)19-5-9-21(27)10-6-19)24(35)14-31-23(34)11-4-18-2-7-20(8-3-18)26(28,29)30/h2-11,17,22H,12-16H2,1H3,(H,31,34)(H,36,37)/b11-4+/t17-,22-/m1/s1. The molecule has 0 aliphatic carbocycles. The van der Waals surface area contributed by atoms with Gasteiger partial charge in [-0.15, -0.1) is 0 Å². The largest absolute Gasteiger partial charge is 0.481 e. The first-order chi connectivity index (χ1) is 17.4. The lowest BCUT2D eigenvalue weighted by Gasteiger charge is -2.45. The second-order valence-electron chi connectivity index (χ2n) is 8.77. The average molecular weight is 538 g/mol. The second kappa shape index (κ2) is 12.2. The molecule has 198 valence electrons. The number of aliphatic carboxylic acids is 1. The molecule has 0 saturated carbocycles. The molecule has 2 aromatic carbocycles. The molecule has 3 rings (SSSR count). The molecular formula is C26H27ClF3N3O4. The van der Waals surface area contributed by atoms with Gasteiger partial charge in [0.15, 0.2) is 0 Å². The van der Waals surface area contributed by atoms with Crippen molar-refractivity contribution in [3.05, 3.63) is 76.3 Å². The number of carboxylic acids is 1. The number of carbonyl (C=O) groups is 3. The zero-order valence-electron chi connectivity index (χ0n) is 20.0. The van der Waals surface area contributed by atoms with E-state index >= 15 is 0 Å². The minimum absolute atomic E-state index is 0.0209. The van der Waals surface area contributed by atoms with Crippen LogP contribution in [0, 0.1) is 0 Å². The number of carboxylic acid groups (broad SMARTS) is 1. The van der Waals surface area contributed by atoms with Gasteiger partial charge in [-0.05, 0) is 48.4 Å². The van der Waals surface area contributed by atoms with Crippen LogP contribution in [0.2, 0.25) is 5.02 Å². The minimum Gasteiger partial charge on any atom is -0.481 e. The van der Waals surface area contributed by atoms with Crippen LogP contribution in [0.15, 0.2) is 54.6 Å². The van der Waals surface area contributed by atoms with Crippen molar-refractivity contribution < 1.29 is 32.7 Å². The van der Waals surface area contributed by atoms with Crippen LogP contribution in [0.3, 0.4) is 0 Å². The van der Waals surface area contributed by atoms with Crippen LogP contribution in [0.4, 0.5) is 13.2 Å². The molecule has 0 spiro atoms. The first-order valence-electron chi connectivity index (χ1n) is 11.6. The predicted octanol–water partition coefficient (Wildman–Crippen LogP) is 4.24. The summed E-state index contributed by atoms with van der Waals surface area (Å²) in [6.45, 7) is 2.73. The fourth-order valence-corrected chi connectivity index (χ4v) is 4.23. The average Bonchev–Trinajstić information content (AvgIpc) is 2.85. The zero-order valence-corrected chi connectivity index (χ0v) is 20.8. The summed E-state index contributed by atoms with van der Waals surface area (Å²) in [5.74, 6) is -1.79. The number of nitrogens with zero attached hydrogens (tertiary/aromatic N) is 2. The summed E-state index contributed by atoms with van der Waals surface area (Å²) in [5.41, 5.74) is 0.453. The number of halogens is 4. The van der Waals surface area contributed by atoms with Crippen molar-refractivity contribution >= 4 is 35.5 Å². The Morgan fingerprint density at radius 2 is 1.73 bits per heavy atom. The van der Waals surface area contributed by atoms with E-state index in [-0.39, 0.29) is 31.0 Å². The lowest BCUT2D eigenvalue weighted by Crippen LogP contribution is -2.56. The highest BCUT2D eigenvalue weighted by Gasteiger charge is 2.35. The zero-order chi connectivity index (χ0) is 27.2. The highest BCUT2D eigenvalue weighted by Crippen LogP contribution is 2.30. The van der Waals surface area contributed by atoms with E-state index in [0.717, 1.165) is 23.8 Å². The summed E-state index contributed by atoms with van der Waals surface area (Å²) in [7, 11) is 0. The number of carbonyl (C=O) groups excluding carboxylic acids is 2. The number of rotatable bonds is 8. The van der Waals surface area contributed by atoms with Crippen LogP contribution in [0.1, 0.15) is 36.1 Å². The summed E-state index contributed by atoms with van der Waals surface area (Å²) in [5, 5.41) is 12.1. The molecule has 0 aromatic heterocycles. The third-order valence-electron chi connectivity index (χ3n) is 6.13. The van der Waals surface area contributed by atoms with Gasteiger partial charge < -0.3 is 15.3 Å². The van der Waals surface area contributed by atoms with E-state index in [2.05, 4.69) is 5.32 Å². The first-order valence-corrected chi connectivity index (χ1v) is 12.0. The van der Waals surface area contributed by atoms with Gasteiger partial charge in [0.1, 0.15) is 0 Å². The highest BCUT2D eigenvalue weighted by atomic mass is 35.5. The molecule has 2 N–H and O–H groups in total. The van der Waals surface area contributed by atoms with E-state index in [1.54, 1.807) is 17.0 Å². The third kappa shape index (κ3) is 8.06. The van der Waals surface area contributed by atoms with E-state index < -0.39 is 23.6 Å². The minimum atomic E-state index is -4.44. The second-order valence-corrected chi connectivity index (χ2v) is 9.21. The van der Waals surface area contributed by atoms with Gasteiger partial charge in [-0.3, -0.25) is 19.3 Å². The number of piperazine rings is 1. The Kier molecular flexibility index (Phi) is 9.34. The van der Waals surface area contributed by atoms with Gasteiger partial charge in [0, 0.05) is 36.8 Å². The van der Waals surface area contributed by atoms with E-state index in [1.165, 1.54) is 18.2 Å². The molecule has 0 bridgehead atoms. The van der Waals surface area contributed by atoms with Crippen molar-refractivity contribution in [1.29, 1.82) is 0 Å². The van der Waals surface area contributed by atoms with E-state index in [1.807, 2.05) is 24.0 Å². The van der Waals surface area contributed by atoms with E-state index in [4.69, 9.17) is 16.7 Å². The Morgan fingerprint density at radius 1 is 1.08 bits per heavy atom. The van der Waals surface area contributed by atoms with Crippen molar-refractivity contribution in [2.75, 3.05) is 26.2 Å². The SMILES string of the molecule is C[C@@H]1CN(C(=O)CNC(=O)/C=C/c2ccc(C(F)(F)F)cc2)[C@@H](c2ccc(Cl)cc2)CN1CCC(=O)O. The third-order valence-corrected chi connectivity index (χ3v) is 6.39. The first kappa shape index (κ1) is 28.2. The predicted molar refractivity (Wildman–Crippen MR) is 133 cm³/mol. The number of alkyl halides is 3. The molecule has 37 heavy (non-hydrogen) atoms. The number of amides is 2. The Labute approximate surface area is 217 Å². The number of hydrogen-bond acceptors (Lipinski definition) is 4. The Morgan fingerprint density at radius 3 is 2.32 bits per heavy atom. The lowest BCUT2D eigenvalue weighted by atomic mass is 9.99. The van der Waals surface area contributed by atoms with Crippen molar-refractivity contribution in [2.24, 2.45) is 0 Å². The molecule has 1 heterocycles. The van der Waals surface area contributed by atoms with Crippen LogP contribution in [0.25, 0.3) is 6.08 Å². The van der Waals surface area contributed by atoms with Gasteiger partial charge >= 0.3 is 12.1 Å². The van der Waals surface area contributed by atoms with Crippen LogP contribution >= 0.6 is 11.6 Å². The normalized spacial score (nSPS) is 18.7. The molecular weight excluding hydrogens is 511 g/mol. The number of hydrogen-bond donors (Lipinski definition) is 2. The van der Waals surface area contributed by atoms with Gasteiger partial charge in [0.05, 0.1) is 24.6 Å². The maximum atomic E-state index is 13.1. The fraction of sp³-hybridized carbons (Fsp3) is 0.346. The molecule has 7 nitrogen and oxygen atoms in total. The smallest absolute Gasteiger partial charge is 0.416 e. The molecule has 2 atom stereocenters. The molecule has 2 aromatic rings. The van der Waals surface area contributed by atoms with Gasteiger partial charge in [-0.2, -0.15) is 13.2 Å². The quantitative estimate of drug-likeness (QED) is 0.492. The molecule has 1 aliphatic rings. The molecule has 2 amide bonds. The van der Waals surface area contributed by atoms with Crippen molar-refractivity contribution in [3.63, 3.8) is 0 Å². The van der Waals surface area contributed by atoms with Crippen LogP contribution < -0.4 is 5.32 Å². The molecule has 1 aliphatic heterocycles. The molecule has 11 heteroatoms. The Balaban J connectivity index is 1.64. The van der Waals surface area contributed by atoms with E-state index in [9.17, 15) is 27.6 Å². The van der Waals surface area contributed by atoms with Crippen molar-refractivity contribution in [3.8, 4) is 0 Å². The van der Waals surface area contributed by atoms with Gasteiger partial charge in [-0.1, -0.05) is 35.9 Å². The summed E-state index contributed by atoms with van der Waals surface area (Å²) in [6.07, 6.45) is -1.95. The van der Waals surface area contributed by atoms with Crippen LogP contribution in [-0.4, -0.2) is 64.9 Å². The number of nitrogens with one attached hydrogen (secondary N) is 1. The van der Waals surface area contributed by atoms with E-state index in [0.29, 0.717) is 30.2 Å². The Hall–Kier alpha value is -3.37. The monoisotopic (exact) mass is 537 g/mol. The number of benzene rings is 2. The Bertz CT molecular complexity index is 1140. The van der Waals surface area contributed by atoms with Crippen LogP contribution in [0.5, 0.6) is 0 Å². The highest BCUT2D eigenvalue weighted by molar-refractivity contribution is 6.30. The topological polar surface area (TPSA) is 90.0 Å². The van der Waals surface area contributed by atoms with Gasteiger partial charge in [0.2, 0.25) is 11.8 Å². The lowest BCUT2D eigenvalue weighted by molar-refractivity contribution is -0.141.